The summed E-state index contributed by atoms with van der Waals surface area (Å²) in [5.74, 6) is -0.768. The van der Waals surface area contributed by atoms with Crippen molar-refractivity contribution in [1.82, 2.24) is 4.57 Å². The molecule has 1 aromatic heterocycles. The Morgan fingerprint density at radius 2 is 1.51 bits per heavy atom. The number of aromatic nitrogens is 1. The molecule has 0 radical (unpaired) electrons. The number of piperidine rings is 1. The molecule has 6 N–H and O–H groups in total. The number of hydrogen-bond donors (Lipinski definition) is 4. The summed E-state index contributed by atoms with van der Waals surface area (Å²) in [7, 11) is 0. The lowest BCUT2D eigenvalue weighted by atomic mass is 10.1. The molecule has 5 rings (SSSR count). The fraction of sp³-hybridized carbons (Fsp3) is 0.207. The standard InChI is InChI=1S/C29H30N6O2/c30-27(31)22-9-8-21-16-26(35(25(21)17-22)18-19-4-6-20(7-5-19)28(32)36)29(37)33-23-10-12-24(13-11-23)34-14-2-1-3-15-34/h4-13,16-17H,1-3,14-15,18H2,(H3,30,31)(H2,32,36)(H,33,37). The van der Waals surface area contributed by atoms with Crippen LogP contribution in [0.5, 0.6) is 0 Å². The van der Waals surface area contributed by atoms with Crippen molar-refractivity contribution in [3.8, 4) is 0 Å². The lowest BCUT2D eigenvalue weighted by Gasteiger charge is -2.28. The van der Waals surface area contributed by atoms with Crippen molar-refractivity contribution in [2.45, 2.75) is 25.8 Å². The highest BCUT2D eigenvalue weighted by molar-refractivity contribution is 6.07. The second-order valence-corrected chi connectivity index (χ2v) is 9.41. The number of carbonyl (C=O) groups excluding carboxylic acids is 2. The number of nitrogens with zero attached hydrogens (tertiary/aromatic N) is 2. The molecule has 2 amide bonds. The van der Waals surface area contributed by atoms with Crippen molar-refractivity contribution >= 4 is 39.9 Å². The van der Waals surface area contributed by atoms with Gasteiger partial charge >= 0.3 is 0 Å². The average molecular weight is 495 g/mol. The molecule has 8 heteroatoms. The number of carbonyl (C=O) groups is 2. The quantitative estimate of drug-likeness (QED) is 0.225. The van der Waals surface area contributed by atoms with E-state index in [0.29, 0.717) is 23.4 Å². The van der Waals surface area contributed by atoms with E-state index in [-0.39, 0.29) is 11.7 Å². The number of hydrogen-bond acceptors (Lipinski definition) is 4. The predicted octanol–water partition coefficient (Wildman–Crippen LogP) is 4.32. The van der Waals surface area contributed by atoms with Crippen LogP contribution >= 0.6 is 0 Å². The van der Waals surface area contributed by atoms with E-state index in [4.69, 9.17) is 16.9 Å². The monoisotopic (exact) mass is 494 g/mol. The Balaban J connectivity index is 1.45. The van der Waals surface area contributed by atoms with Gasteiger partial charge in [-0.3, -0.25) is 15.0 Å². The van der Waals surface area contributed by atoms with E-state index in [1.165, 1.54) is 24.9 Å². The number of anilines is 2. The first-order valence-electron chi connectivity index (χ1n) is 12.4. The van der Waals surface area contributed by atoms with E-state index in [9.17, 15) is 9.59 Å². The Morgan fingerprint density at radius 3 is 2.16 bits per heavy atom. The van der Waals surface area contributed by atoms with Gasteiger partial charge in [-0.05, 0) is 73.4 Å². The van der Waals surface area contributed by atoms with Crippen LogP contribution in [0.1, 0.15) is 51.2 Å². The highest BCUT2D eigenvalue weighted by Crippen LogP contribution is 2.26. The summed E-state index contributed by atoms with van der Waals surface area (Å²) in [5.41, 5.74) is 16.2. The van der Waals surface area contributed by atoms with E-state index in [1.54, 1.807) is 18.2 Å². The number of primary amides is 1. The van der Waals surface area contributed by atoms with Crippen LogP contribution in [0.3, 0.4) is 0 Å². The first-order chi connectivity index (χ1) is 17.9. The number of rotatable bonds is 7. The Labute approximate surface area is 215 Å². The highest BCUT2D eigenvalue weighted by Gasteiger charge is 2.18. The van der Waals surface area contributed by atoms with Crippen LogP contribution in [-0.2, 0) is 6.54 Å². The Morgan fingerprint density at radius 1 is 0.838 bits per heavy atom. The number of nitrogens with one attached hydrogen (secondary N) is 2. The van der Waals surface area contributed by atoms with Gasteiger partial charge in [0, 0.05) is 53.0 Å². The van der Waals surface area contributed by atoms with Crippen molar-refractivity contribution in [2.75, 3.05) is 23.3 Å². The third-order valence-corrected chi connectivity index (χ3v) is 6.87. The minimum Gasteiger partial charge on any atom is -0.384 e. The molecule has 2 heterocycles. The molecule has 1 aliphatic rings. The van der Waals surface area contributed by atoms with Crippen LogP contribution < -0.4 is 21.7 Å². The van der Waals surface area contributed by atoms with E-state index in [0.717, 1.165) is 35.2 Å². The van der Waals surface area contributed by atoms with Gasteiger partial charge in [0.1, 0.15) is 11.5 Å². The maximum Gasteiger partial charge on any atom is 0.272 e. The van der Waals surface area contributed by atoms with Crippen LogP contribution in [0.4, 0.5) is 11.4 Å². The average Bonchev–Trinajstić information content (AvgIpc) is 3.27. The topological polar surface area (TPSA) is 130 Å². The van der Waals surface area contributed by atoms with Gasteiger partial charge in [-0.1, -0.05) is 24.3 Å². The van der Waals surface area contributed by atoms with Gasteiger partial charge in [-0.2, -0.15) is 0 Å². The van der Waals surface area contributed by atoms with Crippen molar-refractivity contribution in [3.05, 3.63) is 95.2 Å². The molecule has 0 spiro atoms. The molecule has 0 bridgehead atoms. The summed E-state index contributed by atoms with van der Waals surface area (Å²) < 4.78 is 1.90. The number of amides is 2. The largest absolute Gasteiger partial charge is 0.384 e. The molecule has 1 saturated heterocycles. The molecular formula is C29H30N6O2. The molecule has 37 heavy (non-hydrogen) atoms. The molecule has 8 nitrogen and oxygen atoms in total. The van der Waals surface area contributed by atoms with Gasteiger partial charge in [0.25, 0.3) is 5.91 Å². The molecule has 1 fully saturated rings. The molecular weight excluding hydrogens is 464 g/mol. The third-order valence-electron chi connectivity index (χ3n) is 6.87. The van der Waals surface area contributed by atoms with Crippen LogP contribution in [0, 0.1) is 5.41 Å². The Hall–Kier alpha value is -4.59. The van der Waals surface area contributed by atoms with Crippen molar-refractivity contribution in [2.24, 2.45) is 11.5 Å². The van der Waals surface area contributed by atoms with Crippen molar-refractivity contribution in [3.63, 3.8) is 0 Å². The third kappa shape index (κ3) is 5.18. The number of benzene rings is 3. The van der Waals surface area contributed by atoms with E-state index in [2.05, 4.69) is 22.3 Å². The lowest BCUT2D eigenvalue weighted by molar-refractivity contribution is 0.0997. The first kappa shape index (κ1) is 24.1. The Bertz CT molecular complexity index is 1470. The molecule has 4 aromatic rings. The summed E-state index contributed by atoms with van der Waals surface area (Å²) in [5, 5.41) is 11.7. The van der Waals surface area contributed by atoms with E-state index >= 15 is 0 Å². The van der Waals surface area contributed by atoms with Crippen molar-refractivity contribution in [1.29, 1.82) is 5.41 Å². The summed E-state index contributed by atoms with van der Waals surface area (Å²) in [6, 6.07) is 22.3. The molecule has 3 aromatic carbocycles. The maximum atomic E-state index is 13.5. The SMILES string of the molecule is N=C(N)c1ccc2cc(C(=O)Nc3ccc(N4CCCCC4)cc3)n(Cc3ccc(C(N)=O)cc3)c2c1. The number of amidine groups is 1. The molecule has 0 atom stereocenters. The fourth-order valence-corrected chi connectivity index (χ4v) is 4.84. The normalized spacial score (nSPS) is 13.5. The maximum absolute atomic E-state index is 13.5. The number of fused-ring (bicyclic) bond motifs is 1. The van der Waals surface area contributed by atoms with Crippen LogP contribution in [0.2, 0.25) is 0 Å². The number of nitrogens with two attached hydrogens (primary N) is 2. The van der Waals surface area contributed by atoms with E-state index < -0.39 is 5.91 Å². The minimum absolute atomic E-state index is 0.0414. The van der Waals surface area contributed by atoms with Crippen LogP contribution in [0.25, 0.3) is 10.9 Å². The summed E-state index contributed by atoms with van der Waals surface area (Å²) >= 11 is 0. The highest BCUT2D eigenvalue weighted by atomic mass is 16.2. The zero-order valence-electron chi connectivity index (χ0n) is 20.5. The second-order valence-electron chi connectivity index (χ2n) is 9.41. The number of nitrogen functional groups attached to an aromatic ring is 1. The van der Waals surface area contributed by atoms with Gasteiger partial charge in [-0.25, -0.2) is 0 Å². The van der Waals surface area contributed by atoms with Gasteiger partial charge < -0.3 is 26.3 Å². The van der Waals surface area contributed by atoms with Crippen LogP contribution in [-0.4, -0.2) is 35.3 Å². The van der Waals surface area contributed by atoms with Gasteiger partial charge in [0.2, 0.25) is 5.91 Å². The summed E-state index contributed by atoms with van der Waals surface area (Å²) in [4.78, 5) is 27.3. The minimum atomic E-state index is -0.490. The zero-order valence-corrected chi connectivity index (χ0v) is 20.5. The van der Waals surface area contributed by atoms with Crippen molar-refractivity contribution < 1.29 is 9.59 Å². The second kappa shape index (κ2) is 10.2. The first-order valence-corrected chi connectivity index (χ1v) is 12.4. The lowest BCUT2D eigenvalue weighted by Crippen LogP contribution is -2.29. The van der Waals surface area contributed by atoms with Gasteiger partial charge in [-0.15, -0.1) is 0 Å². The fourth-order valence-electron chi connectivity index (χ4n) is 4.84. The Kier molecular flexibility index (Phi) is 6.64. The summed E-state index contributed by atoms with van der Waals surface area (Å²) in [6.07, 6.45) is 3.70. The molecule has 188 valence electrons. The van der Waals surface area contributed by atoms with Crippen LogP contribution in [0.15, 0.2) is 72.8 Å². The van der Waals surface area contributed by atoms with Gasteiger partial charge in [0.05, 0.1) is 0 Å². The summed E-state index contributed by atoms with van der Waals surface area (Å²) in [6.45, 7) is 2.52. The smallest absolute Gasteiger partial charge is 0.272 e. The van der Waals surface area contributed by atoms with Gasteiger partial charge in [0.15, 0.2) is 0 Å². The molecule has 1 aliphatic heterocycles. The molecule has 0 saturated carbocycles. The zero-order chi connectivity index (χ0) is 25.9. The molecule has 0 aliphatic carbocycles. The van der Waals surface area contributed by atoms with E-state index in [1.807, 2.05) is 47.0 Å². The predicted molar refractivity (Wildman–Crippen MR) is 147 cm³/mol. The molecule has 0 unspecified atom stereocenters.